The number of carboxylic acid groups (broad SMARTS) is 1. The van der Waals surface area contributed by atoms with Crippen LogP contribution in [0.3, 0.4) is 0 Å². The lowest BCUT2D eigenvalue weighted by atomic mass is 10.2. The fraction of sp³-hybridized carbons (Fsp3) is 0.364. The van der Waals surface area contributed by atoms with Gasteiger partial charge in [-0.3, -0.25) is 9.00 Å². The summed E-state index contributed by atoms with van der Waals surface area (Å²) in [5, 5.41) is 8.00. The highest BCUT2D eigenvalue weighted by Crippen LogP contribution is 2.16. The molecule has 88 valence electrons. The molecule has 0 amide bonds. The van der Waals surface area contributed by atoms with E-state index in [9.17, 15) is 13.4 Å². The zero-order valence-corrected chi connectivity index (χ0v) is 9.67. The molecule has 1 aromatic rings. The molecule has 16 heavy (non-hydrogen) atoms. The van der Waals surface area contributed by atoms with Crippen molar-refractivity contribution < 1.29 is 18.5 Å². The Morgan fingerprint density at radius 1 is 1.44 bits per heavy atom. The molecular weight excluding hydrogens is 231 g/mol. The second-order valence-electron chi connectivity index (χ2n) is 3.37. The molecule has 0 aliphatic rings. The Labute approximate surface area is 95.8 Å². The van der Waals surface area contributed by atoms with Gasteiger partial charge in [0.15, 0.2) is 0 Å². The third-order valence-electron chi connectivity index (χ3n) is 2.13. The van der Waals surface area contributed by atoms with Crippen LogP contribution in [-0.4, -0.2) is 20.5 Å². The van der Waals surface area contributed by atoms with Crippen LogP contribution in [0.5, 0.6) is 0 Å². The molecule has 0 bridgehead atoms. The lowest BCUT2D eigenvalue weighted by Crippen LogP contribution is -2.25. The summed E-state index contributed by atoms with van der Waals surface area (Å²) >= 11 is 0. The fourth-order valence-electron chi connectivity index (χ4n) is 1.32. The van der Waals surface area contributed by atoms with Crippen LogP contribution in [0, 0.1) is 5.82 Å². The minimum absolute atomic E-state index is 0.347. The second-order valence-corrected chi connectivity index (χ2v) is 5.00. The Hall–Kier alpha value is -1.23. The van der Waals surface area contributed by atoms with Crippen molar-refractivity contribution in [3.8, 4) is 0 Å². The van der Waals surface area contributed by atoms with Crippen LogP contribution in [0.15, 0.2) is 29.2 Å². The van der Waals surface area contributed by atoms with Crippen molar-refractivity contribution in [2.45, 2.75) is 29.9 Å². The van der Waals surface area contributed by atoms with Gasteiger partial charge in [-0.15, -0.1) is 0 Å². The van der Waals surface area contributed by atoms with Gasteiger partial charge in [0.25, 0.3) is 0 Å². The third-order valence-corrected chi connectivity index (χ3v) is 3.82. The Bertz CT molecular complexity index is 389. The molecule has 1 N–H and O–H groups in total. The number of benzene rings is 1. The monoisotopic (exact) mass is 244 g/mol. The minimum atomic E-state index is -1.63. The average Bonchev–Trinajstić information content (AvgIpc) is 2.25. The molecule has 0 spiro atoms. The summed E-state index contributed by atoms with van der Waals surface area (Å²) in [4.78, 5) is 11.3. The van der Waals surface area contributed by atoms with Crippen molar-refractivity contribution in [1.29, 1.82) is 0 Å². The molecule has 0 heterocycles. The number of halogens is 1. The highest BCUT2D eigenvalue weighted by Gasteiger charge is 2.24. The van der Waals surface area contributed by atoms with Crippen molar-refractivity contribution in [1.82, 2.24) is 0 Å². The SMILES string of the molecule is CCCC(C(=O)O)S(=O)c1ccc(F)cc1. The van der Waals surface area contributed by atoms with E-state index in [1.807, 2.05) is 6.92 Å². The van der Waals surface area contributed by atoms with E-state index >= 15 is 0 Å². The molecule has 0 saturated heterocycles. The first-order valence-corrected chi connectivity index (χ1v) is 6.16. The maximum Gasteiger partial charge on any atom is 0.319 e. The van der Waals surface area contributed by atoms with Crippen LogP contribution >= 0.6 is 0 Å². The summed E-state index contributed by atoms with van der Waals surface area (Å²) in [6, 6.07) is 5.07. The van der Waals surface area contributed by atoms with Crippen LogP contribution in [0.25, 0.3) is 0 Å². The third kappa shape index (κ3) is 3.13. The van der Waals surface area contributed by atoms with Gasteiger partial charge in [-0.25, -0.2) is 4.39 Å². The van der Waals surface area contributed by atoms with Crippen molar-refractivity contribution >= 4 is 16.8 Å². The quantitative estimate of drug-likeness (QED) is 0.863. The van der Waals surface area contributed by atoms with Gasteiger partial charge >= 0.3 is 5.97 Å². The number of carboxylic acids is 1. The van der Waals surface area contributed by atoms with E-state index in [1.54, 1.807) is 0 Å². The largest absolute Gasteiger partial charge is 0.480 e. The van der Waals surface area contributed by atoms with Crippen molar-refractivity contribution in [2.24, 2.45) is 0 Å². The highest BCUT2D eigenvalue weighted by molar-refractivity contribution is 7.86. The number of rotatable bonds is 5. The van der Waals surface area contributed by atoms with Gasteiger partial charge in [0.2, 0.25) is 0 Å². The van der Waals surface area contributed by atoms with Crippen molar-refractivity contribution in [2.75, 3.05) is 0 Å². The van der Waals surface area contributed by atoms with Gasteiger partial charge in [0, 0.05) is 4.90 Å². The summed E-state index contributed by atoms with van der Waals surface area (Å²) < 4.78 is 24.5. The summed E-state index contributed by atoms with van der Waals surface area (Å²) in [5.41, 5.74) is 0. The number of aliphatic carboxylic acids is 1. The predicted octanol–water partition coefficient (Wildman–Crippen LogP) is 2.19. The molecular formula is C11H13FO3S. The van der Waals surface area contributed by atoms with E-state index in [4.69, 9.17) is 5.11 Å². The van der Waals surface area contributed by atoms with Crippen LogP contribution < -0.4 is 0 Å². The van der Waals surface area contributed by atoms with Gasteiger partial charge in [0.1, 0.15) is 11.1 Å². The lowest BCUT2D eigenvalue weighted by Gasteiger charge is -2.10. The molecule has 2 unspecified atom stereocenters. The van der Waals surface area contributed by atoms with Crippen LogP contribution in [0.2, 0.25) is 0 Å². The number of hydrogen-bond donors (Lipinski definition) is 1. The van der Waals surface area contributed by atoms with Gasteiger partial charge in [-0.05, 0) is 30.7 Å². The molecule has 0 aliphatic heterocycles. The number of hydrogen-bond acceptors (Lipinski definition) is 2. The minimum Gasteiger partial charge on any atom is -0.480 e. The molecule has 0 saturated carbocycles. The second kappa shape index (κ2) is 5.75. The Morgan fingerprint density at radius 3 is 2.44 bits per heavy atom. The Balaban J connectivity index is 2.90. The zero-order chi connectivity index (χ0) is 12.1. The smallest absolute Gasteiger partial charge is 0.319 e. The maximum absolute atomic E-state index is 12.6. The summed E-state index contributed by atoms with van der Waals surface area (Å²) in [7, 11) is -1.63. The van der Waals surface area contributed by atoms with Gasteiger partial charge < -0.3 is 5.11 Å². The fourth-order valence-corrected chi connectivity index (χ4v) is 2.68. The molecule has 1 aromatic carbocycles. The van der Waals surface area contributed by atoms with Crippen molar-refractivity contribution in [3.63, 3.8) is 0 Å². The normalized spacial score (nSPS) is 14.4. The summed E-state index contributed by atoms with van der Waals surface area (Å²) in [6.45, 7) is 1.83. The molecule has 5 heteroatoms. The van der Waals surface area contributed by atoms with E-state index < -0.39 is 27.8 Å². The van der Waals surface area contributed by atoms with Gasteiger partial charge in [0.05, 0.1) is 10.8 Å². The first-order chi connectivity index (χ1) is 7.56. The Morgan fingerprint density at radius 2 is 2.00 bits per heavy atom. The van der Waals surface area contributed by atoms with E-state index in [1.165, 1.54) is 24.3 Å². The van der Waals surface area contributed by atoms with Crippen molar-refractivity contribution in [3.05, 3.63) is 30.1 Å². The first kappa shape index (κ1) is 12.8. The van der Waals surface area contributed by atoms with E-state index in [0.717, 1.165) is 0 Å². The summed E-state index contributed by atoms with van der Waals surface area (Å²) in [6.07, 6.45) is 0.989. The lowest BCUT2D eigenvalue weighted by molar-refractivity contribution is -0.136. The maximum atomic E-state index is 12.6. The van der Waals surface area contributed by atoms with Crippen LogP contribution in [0.1, 0.15) is 19.8 Å². The Kier molecular flexibility index (Phi) is 4.61. The molecule has 2 atom stereocenters. The topological polar surface area (TPSA) is 54.4 Å². The zero-order valence-electron chi connectivity index (χ0n) is 8.85. The van der Waals surface area contributed by atoms with E-state index in [-0.39, 0.29) is 0 Å². The molecule has 0 radical (unpaired) electrons. The standard InChI is InChI=1S/C11H13FO3S/c1-2-3-10(11(13)14)16(15)9-6-4-8(12)5-7-9/h4-7,10H,2-3H2,1H3,(H,13,14). The van der Waals surface area contributed by atoms with E-state index in [2.05, 4.69) is 0 Å². The highest BCUT2D eigenvalue weighted by atomic mass is 32.2. The number of carbonyl (C=O) groups is 1. The van der Waals surface area contributed by atoms with Gasteiger partial charge in [-0.2, -0.15) is 0 Å². The molecule has 3 nitrogen and oxygen atoms in total. The van der Waals surface area contributed by atoms with E-state index in [0.29, 0.717) is 17.7 Å². The van der Waals surface area contributed by atoms with Gasteiger partial charge in [-0.1, -0.05) is 13.3 Å². The molecule has 1 rings (SSSR count). The van der Waals surface area contributed by atoms with Crippen LogP contribution in [-0.2, 0) is 15.6 Å². The van der Waals surface area contributed by atoms with Crippen LogP contribution in [0.4, 0.5) is 4.39 Å². The molecule has 0 fully saturated rings. The molecule has 0 aromatic heterocycles. The first-order valence-electron chi connectivity index (χ1n) is 4.95. The molecule has 0 aliphatic carbocycles. The summed E-state index contributed by atoms with van der Waals surface area (Å²) in [5.74, 6) is -1.51. The average molecular weight is 244 g/mol. The predicted molar refractivity (Wildman–Crippen MR) is 59.1 cm³/mol.